The van der Waals surface area contributed by atoms with E-state index in [-0.39, 0.29) is 0 Å². The minimum Gasteiger partial charge on any atom is -0.304 e. The first-order valence-corrected chi connectivity index (χ1v) is 5.69. The Bertz CT molecular complexity index is 515. The Hall–Kier alpha value is -1.40. The van der Waals surface area contributed by atoms with Gasteiger partial charge in [0.15, 0.2) is 5.82 Å². The highest BCUT2D eigenvalue weighted by Gasteiger charge is 2.10. The zero-order chi connectivity index (χ0) is 12.4. The molecule has 0 aliphatic rings. The van der Waals surface area contributed by atoms with Crippen LogP contribution in [0.4, 0.5) is 0 Å². The van der Waals surface area contributed by atoms with Gasteiger partial charge in [0.25, 0.3) is 0 Å². The third-order valence-electron chi connectivity index (χ3n) is 2.48. The van der Waals surface area contributed by atoms with E-state index in [0.717, 1.165) is 17.2 Å². The Morgan fingerprint density at radius 1 is 1.29 bits per heavy atom. The maximum absolute atomic E-state index is 6.14. The van der Waals surface area contributed by atoms with Crippen LogP contribution in [-0.2, 0) is 27.2 Å². The molecule has 2 aromatic heterocycles. The van der Waals surface area contributed by atoms with E-state index in [1.807, 2.05) is 21.0 Å². The van der Waals surface area contributed by atoms with E-state index in [9.17, 15) is 0 Å². The monoisotopic (exact) mass is 254 g/mol. The van der Waals surface area contributed by atoms with E-state index in [1.165, 1.54) is 0 Å². The quantitative estimate of drug-likeness (QED) is 0.877. The lowest BCUT2D eigenvalue weighted by Gasteiger charge is -2.03. The molecule has 0 bridgehead atoms. The van der Waals surface area contributed by atoms with Crippen molar-refractivity contribution in [3.8, 4) is 0 Å². The van der Waals surface area contributed by atoms with E-state index in [1.54, 1.807) is 15.7 Å². The summed E-state index contributed by atoms with van der Waals surface area (Å²) in [4.78, 5) is 4.13. The average Bonchev–Trinajstić information content (AvgIpc) is 2.78. The lowest BCUT2D eigenvalue weighted by Crippen LogP contribution is -2.16. The lowest BCUT2D eigenvalue weighted by molar-refractivity contribution is 0.606. The summed E-state index contributed by atoms with van der Waals surface area (Å²) in [7, 11) is 3.73. The molecule has 17 heavy (non-hydrogen) atoms. The van der Waals surface area contributed by atoms with E-state index in [4.69, 9.17) is 11.6 Å². The van der Waals surface area contributed by atoms with Crippen LogP contribution in [-0.4, -0.2) is 24.5 Å². The zero-order valence-corrected chi connectivity index (χ0v) is 10.9. The molecule has 2 rings (SSSR count). The normalized spacial score (nSPS) is 11.1. The maximum Gasteiger partial charge on any atom is 0.164 e. The molecule has 92 valence electrons. The van der Waals surface area contributed by atoms with E-state index < -0.39 is 0 Å². The molecule has 0 saturated heterocycles. The van der Waals surface area contributed by atoms with Crippen molar-refractivity contribution in [3.63, 3.8) is 0 Å². The second-order valence-electron chi connectivity index (χ2n) is 3.91. The molecular weight excluding hydrogens is 240 g/mol. The number of nitrogens with one attached hydrogen (secondary N) is 1. The SMILES string of the molecule is Cc1nn(C)c(CNCc2ncn(C)n2)c1Cl. The molecule has 0 aliphatic heterocycles. The van der Waals surface area contributed by atoms with E-state index >= 15 is 0 Å². The highest BCUT2D eigenvalue weighted by Crippen LogP contribution is 2.18. The van der Waals surface area contributed by atoms with Crippen LogP contribution >= 0.6 is 11.6 Å². The lowest BCUT2D eigenvalue weighted by atomic mass is 10.3. The Kier molecular flexibility index (Phi) is 3.44. The highest BCUT2D eigenvalue weighted by atomic mass is 35.5. The van der Waals surface area contributed by atoms with Gasteiger partial charge in [-0.3, -0.25) is 9.36 Å². The third kappa shape index (κ3) is 2.65. The molecule has 6 nitrogen and oxygen atoms in total. The van der Waals surface area contributed by atoms with Crippen LogP contribution in [0.3, 0.4) is 0 Å². The first-order valence-electron chi connectivity index (χ1n) is 5.31. The van der Waals surface area contributed by atoms with Gasteiger partial charge in [-0.2, -0.15) is 10.2 Å². The van der Waals surface area contributed by atoms with Gasteiger partial charge in [-0.1, -0.05) is 11.6 Å². The predicted octanol–water partition coefficient (Wildman–Crippen LogP) is 0.800. The molecule has 0 atom stereocenters. The number of hydrogen-bond acceptors (Lipinski definition) is 4. The fourth-order valence-corrected chi connectivity index (χ4v) is 1.86. The van der Waals surface area contributed by atoms with Gasteiger partial charge in [0.05, 0.1) is 23.0 Å². The van der Waals surface area contributed by atoms with Crippen LogP contribution < -0.4 is 5.32 Å². The van der Waals surface area contributed by atoms with Gasteiger partial charge in [-0.15, -0.1) is 0 Å². The first-order chi connectivity index (χ1) is 8.08. The van der Waals surface area contributed by atoms with Crippen molar-refractivity contribution < 1.29 is 0 Å². The summed E-state index contributed by atoms with van der Waals surface area (Å²) < 4.78 is 3.47. The fraction of sp³-hybridized carbons (Fsp3) is 0.500. The van der Waals surface area contributed by atoms with Crippen LogP contribution in [0.1, 0.15) is 17.2 Å². The van der Waals surface area contributed by atoms with Crippen molar-refractivity contribution >= 4 is 11.6 Å². The van der Waals surface area contributed by atoms with E-state index in [2.05, 4.69) is 20.5 Å². The van der Waals surface area contributed by atoms with Crippen LogP contribution in [0.25, 0.3) is 0 Å². The standard InChI is InChI=1S/C10H15ClN6/c1-7-10(11)8(17(3)14-7)4-12-5-9-13-6-16(2)15-9/h6,12H,4-5H2,1-3H3. The molecule has 2 heterocycles. The van der Waals surface area contributed by atoms with Crippen LogP contribution in [0.15, 0.2) is 6.33 Å². The van der Waals surface area contributed by atoms with Gasteiger partial charge in [-0.25, -0.2) is 4.98 Å². The molecule has 0 unspecified atom stereocenters. The Labute approximate surface area is 105 Å². The van der Waals surface area contributed by atoms with Crippen molar-refractivity contribution in [2.45, 2.75) is 20.0 Å². The molecule has 0 aliphatic carbocycles. The van der Waals surface area contributed by atoms with Gasteiger partial charge < -0.3 is 5.32 Å². The summed E-state index contributed by atoms with van der Waals surface area (Å²) in [6.45, 7) is 3.15. The summed E-state index contributed by atoms with van der Waals surface area (Å²) >= 11 is 6.14. The maximum atomic E-state index is 6.14. The predicted molar refractivity (Wildman–Crippen MR) is 64.5 cm³/mol. The van der Waals surface area contributed by atoms with Gasteiger partial charge in [-0.05, 0) is 6.92 Å². The first kappa shape index (κ1) is 12.1. The van der Waals surface area contributed by atoms with Crippen molar-refractivity contribution in [3.05, 3.63) is 28.6 Å². The smallest absolute Gasteiger partial charge is 0.164 e. The van der Waals surface area contributed by atoms with Crippen LogP contribution in [0, 0.1) is 6.92 Å². The van der Waals surface area contributed by atoms with Gasteiger partial charge in [0.1, 0.15) is 6.33 Å². The fourth-order valence-electron chi connectivity index (χ4n) is 1.63. The number of aromatic nitrogens is 5. The Morgan fingerprint density at radius 3 is 2.59 bits per heavy atom. The molecule has 0 fully saturated rings. The van der Waals surface area contributed by atoms with Crippen LogP contribution in [0.2, 0.25) is 5.02 Å². The minimum absolute atomic E-state index is 0.612. The van der Waals surface area contributed by atoms with E-state index in [0.29, 0.717) is 18.1 Å². The molecule has 2 aromatic rings. The largest absolute Gasteiger partial charge is 0.304 e. The van der Waals surface area contributed by atoms with Crippen molar-refractivity contribution in [1.29, 1.82) is 0 Å². The highest BCUT2D eigenvalue weighted by molar-refractivity contribution is 6.31. The molecule has 0 amide bonds. The Morgan fingerprint density at radius 2 is 2.06 bits per heavy atom. The second kappa shape index (κ2) is 4.85. The number of rotatable bonds is 4. The second-order valence-corrected chi connectivity index (χ2v) is 4.29. The van der Waals surface area contributed by atoms with Gasteiger partial charge >= 0.3 is 0 Å². The van der Waals surface area contributed by atoms with Crippen molar-refractivity contribution in [1.82, 2.24) is 29.9 Å². The summed E-state index contributed by atoms with van der Waals surface area (Å²) in [5.74, 6) is 0.766. The van der Waals surface area contributed by atoms with Gasteiger partial charge in [0.2, 0.25) is 0 Å². The Balaban J connectivity index is 1.94. The molecular formula is C10H15ClN6. The number of halogens is 1. The minimum atomic E-state index is 0.612. The molecule has 1 N–H and O–H groups in total. The summed E-state index contributed by atoms with van der Waals surface area (Å²) in [6.07, 6.45) is 1.68. The van der Waals surface area contributed by atoms with Crippen molar-refractivity contribution in [2.75, 3.05) is 0 Å². The number of nitrogens with zero attached hydrogens (tertiary/aromatic N) is 5. The van der Waals surface area contributed by atoms with Crippen LogP contribution in [0.5, 0.6) is 0 Å². The molecule has 7 heteroatoms. The van der Waals surface area contributed by atoms with Gasteiger partial charge in [0, 0.05) is 20.6 Å². The molecule has 0 spiro atoms. The third-order valence-corrected chi connectivity index (χ3v) is 2.98. The van der Waals surface area contributed by atoms with Crippen molar-refractivity contribution in [2.24, 2.45) is 14.1 Å². The topological polar surface area (TPSA) is 60.6 Å². The zero-order valence-electron chi connectivity index (χ0n) is 10.1. The summed E-state index contributed by atoms with van der Waals surface area (Å²) in [6, 6.07) is 0. The average molecular weight is 255 g/mol. The molecule has 0 radical (unpaired) electrons. The summed E-state index contributed by atoms with van der Waals surface area (Å²) in [5.41, 5.74) is 1.82. The molecule has 0 saturated carbocycles. The summed E-state index contributed by atoms with van der Waals surface area (Å²) in [5, 5.41) is 12.4. The number of aryl methyl sites for hydroxylation is 3. The number of hydrogen-bond donors (Lipinski definition) is 1. The molecule has 0 aromatic carbocycles.